The lowest BCUT2D eigenvalue weighted by Crippen LogP contribution is -3.00. The molecule has 0 atom stereocenters. The van der Waals surface area contributed by atoms with Crippen LogP contribution in [0.2, 0.25) is 0 Å². The van der Waals surface area contributed by atoms with E-state index >= 15 is 0 Å². The number of ether oxygens (including phenoxy) is 4. The third-order valence-corrected chi connectivity index (χ3v) is 7.89. The second kappa shape index (κ2) is 10.3. The summed E-state index contributed by atoms with van der Waals surface area (Å²) in [5.74, 6) is 2.11. The molecular formula is C34H36ClNO5. The third-order valence-electron chi connectivity index (χ3n) is 7.89. The maximum absolute atomic E-state index is 13.7. The summed E-state index contributed by atoms with van der Waals surface area (Å²) in [5.41, 5.74) is 5.95. The van der Waals surface area contributed by atoms with Gasteiger partial charge in [-0.25, -0.2) is 4.79 Å². The fraction of sp³-hybridized carbons (Fsp3) is 0.353. The van der Waals surface area contributed by atoms with Gasteiger partial charge in [0.1, 0.15) is 0 Å². The Morgan fingerprint density at radius 3 is 2.17 bits per heavy atom. The molecular weight excluding hydrogens is 538 g/mol. The molecule has 0 aliphatic carbocycles. The van der Waals surface area contributed by atoms with E-state index in [0.29, 0.717) is 17.1 Å². The van der Waals surface area contributed by atoms with Crippen molar-refractivity contribution in [3.8, 4) is 34.3 Å². The molecule has 3 heterocycles. The smallest absolute Gasteiger partial charge is 0.343 e. The van der Waals surface area contributed by atoms with E-state index in [9.17, 15) is 4.79 Å². The van der Waals surface area contributed by atoms with Gasteiger partial charge < -0.3 is 31.4 Å². The van der Waals surface area contributed by atoms with Gasteiger partial charge in [-0.3, -0.25) is 0 Å². The average molecular weight is 574 g/mol. The van der Waals surface area contributed by atoms with E-state index in [1.807, 2.05) is 24.3 Å². The molecule has 4 aromatic rings. The maximum atomic E-state index is 13.7. The topological polar surface area (TPSA) is 57.9 Å². The second-order valence-corrected chi connectivity index (χ2v) is 12.8. The van der Waals surface area contributed by atoms with Gasteiger partial charge in [-0.05, 0) is 69.3 Å². The number of aryl methyl sites for hydroxylation is 2. The van der Waals surface area contributed by atoms with E-state index in [1.54, 1.807) is 7.11 Å². The van der Waals surface area contributed by atoms with Crippen LogP contribution in [0.1, 0.15) is 68.6 Å². The van der Waals surface area contributed by atoms with Crippen molar-refractivity contribution < 1.29 is 40.7 Å². The van der Waals surface area contributed by atoms with Crippen LogP contribution < -0.4 is 35.9 Å². The maximum Gasteiger partial charge on any atom is 0.343 e. The minimum absolute atomic E-state index is 0. The van der Waals surface area contributed by atoms with Crippen molar-refractivity contribution in [2.24, 2.45) is 0 Å². The molecule has 0 saturated carbocycles. The summed E-state index contributed by atoms with van der Waals surface area (Å²) in [5, 5.41) is 1.78. The van der Waals surface area contributed by atoms with Crippen LogP contribution in [0, 0.1) is 0 Å². The van der Waals surface area contributed by atoms with E-state index in [1.165, 1.54) is 5.56 Å². The summed E-state index contributed by atoms with van der Waals surface area (Å²) in [4.78, 5) is 13.7. The van der Waals surface area contributed by atoms with E-state index in [4.69, 9.17) is 18.9 Å². The van der Waals surface area contributed by atoms with Crippen molar-refractivity contribution in [1.82, 2.24) is 0 Å². The van der Waals surface area contributed by atoms with Gasteiger partial charge in [0.2, 0.25) is 12.5 Å². The first-order valence-corrected chi connectivity index (χ1v) is 13.8. The largest absolute Gasteiger partial charge is 1.00 e. The fourth-order valence-corrected chi connectivity index (χ4v) is 5.43. The number of rotatable bonds is 3. The van der Waals surface area contributed by atoms with Crippen molar-refractivity contribution in [2.75, 3.05) is 13.9 Å². The van der Waals surface area contributed by atoms with Gasteiger partial charge in [0.25, 0.3) is 0 Å². The Bertz CT molecular complexity index is 1650. The van der Waals surface area contributed by atoms with Crippen LogP contribution in [-0.2, 0) is 23.8 Å². The monoisotopic (exact) mass is 573 g/mol. The standard InChI is InChI=1S/C34H36NO5.ClH/c1-33(2,3)23-12-22(13-24(16-23)34(4,5)6)32(36)40-31-26-18-35-11-10-21-15-29-30(39-19-38-29)17-25(21)27(35)14-20(26)8-9-28(31)37-7;/h8-9,12-18H,10-11,19H2,1-7H3;1H/q+1;/p-1. The molecule has 1 aromatic heterocycles. The summed E-state index contributed by atoms with van der Waals surface area (Å²) in [6.07, 6.45) is 2.93. The van der Waals surface area contributed by atoms with Crippen molar-refractivity contribution in [1.29, 1.82) is 0 Å². The van der Waals surface area contributed by atoms with E-state index in [-0.39, 0.29) is 30.0 Å². The van der Waals surface area contributed by atoms with Gasteiger partial charge in [-0.15, -0.1) is 0 Å². The molecule has 6 rings (SSSR count). The number of halogens is 1. The second-order valence-electron chi connectivity index (χ2n) is 12.8. The number of fused-ring (bicyclic) bond motifs is 5. The summed E-state index contributed by atoms with van der Waals surface area (Å²) < 4.78 is 25.3. The SMILES string of the molecule is COc1ccc2cc3[n+](cc2c1OC(=O)c1cc(C(C)(C)C)cc(C(C)(C)C)c1)CCc1cc2c(cc1-3)OCO2.[Cl-]. The lowest BCUT2D eigenvalue weighted by molar-refractivity contribution is -0.686. The number of hydrogen-bond donors (Lipinski definition) is 0. The lowest BCUT2D eigenvalue weighted by Gasteiger charge is -2.26. The molecule has 0 N–H and O–H groups in total. The van der Waals surface area contributed by atoms with Crippen molar-refractivity contribution in [3.05, 3.63) is 77.0 Å². The van der Waals surface area contributed by atoms with E-state index in [0.717, 1.165) is 57.6 Å². The zero-order chi connectivity index (χ0) is 28.4. The molecule has 0 spiro atoms. The van der Waals surface area contributed by atoms with Crippen molar-refractivity contribution >= 4 is 16.7 Å². The highest BCUT2D eigenvalue weighted by Crippen LogP contribution is 2.42. The van der Waals surface area contributed by atoms with Crippen LogP contribution in [0.3, 0.4) is 0 Å². The molecule has 214 valence electrons. The number of carbonyl (C=O) groups excluding carboxylic acids is 1. The minimum atomic E-state index is -0.400. The first-order chi connectivity index (χ1) is 18.9. The first kappa shape index (κ1) is 28.7. The van der Waals surface area contributed by atoms with Gasteiger partial charge in [-0.1, -0.05) is 47.6 Å². The Balaban J connectivity index is 0.00000337. The highest BCUT2D eigenvalue weighted by molar-refractivity contribution is 5.97. The predicted octanol–water partition coefficient (Wildman–Crippen LogP) is 3.91. The van der Waals surface area contributed by atoms with Crippen LogP contribution >= 0.6 is 0 Å². The van der Waals surface area contributed by atoms with E-state index < -0.39 is 5.97 Å². The van der Waals surface area contributed by atoms with Crippen molar-refractivity contribution in [2.45, 2.75) is 65.3 Å². The summed E-state index contributed by atoms with van der Waals surface area (Å²) in [7, 11) is 1.60. The molecule has 0 radical (unpaired) electrons. The number of aromatic nitrogens is 1. The number of esters is 1. The zero-order valence-corrected chi connectivity index (χ0v) is 25.4. The number of hydrogen-bond acceptors (Lipinski definition) is 5. The third kappa shape index (κ3) is 5.21. The van der Waals surface area contributed by atoms with Gasteiger partial charge in [0.15, 0.2) is 35.7 Å². The fourth-order valence-electron chi connectivity index (χ4n) is 5.43. The van der Waals surface area contributed by atoms with Crippen LogP contribution in [0.4, 0.5) is 0 Å². The molecule has 41 heavy (non-hydrogen) atoms. The number of nitrogens with zero attached hydrogens (tertiary/aromatic N) is 1. The Labute approximate surface area is 247 Å². The highest BCUT2D eigenvalue weighted by atomic mass is 35.5. The van der Waals surface area contributed by atoms with E-state index in [2.05, 4.69) is 76.6 Å². The summed E-state index contributed by atoms with van der Waals surface area (Å²) >= 11 is 0. The number of pyridine rings is 1. The number of carbonyl (C=O) groups is 1. The Hall–Kier alpha value is -3.77. The van der Waals surface area contributed by atoms with Crippen LogP contribution in [0.15, 0.2) is 54.7 Å². The quantitative estimate of drug-likeness (QED) is 0.211. The number of methoxy groups -OCH3 is 1. The van der Waals surface area contributed by atoms with Crippen LogP contribution in [0.25, 0.3) is 22.0 Å². The molecule has 3 aromatic carbocycles. The summed E-state index contributed by atoms with van der Waals surface area (Å²) in [6, 6.07) is 16.3. The normalized spacial score (nSPS) is 13.7. The number of benzene rings is 3. The molecule has 0 fully saturated rings. The van der Waals surface area contributed by atoms with Gasteiger partial charge >= 0.3 is 5.97 Å². The first-order valence-electron chi connectivity index (χ1n) is 13.8. The minimum Gasteiger partial charge on any atom is -1.00 e. The van der Waals surface area contributed by atoms with Gasteiger partial charge in [-0.2, -0.15) is 4.57 Å². The molecule has 6 nitrogen and oxygen atoms in total. The molecule has 0 bridgehead atoms. The summed E-state index contributed by atoms with van der Waals surface area (Å²) in [6.45, 7) is 14.0. The van der Waals surface area contributed by atoms with Gasteiger partial charge in [0, 0.05) is 12.5 Å². The Morgan fingerprint density at radius 2 is 1.54 bits per heavy atom. The lowest BCUT2D eigenvalue weighted by atomic mass is 9.79. The average Bonchev–Trinajstić information content (AvgIpc) is 3.37. The molecule has 7 heteroatoms. The Kier molecular flexibility index (Phi) is 7.19. The Morgan fingerprint density at radius 1 is 0.878 bits per heavy atom. The zero-order valence-electron chi connectivity index (χ0n) is 24.7. The predicted molar refractivity (Wildman–Crippen MR) is 155 cm³/mol. The van der Waals surface area contributed by atoms with Crippen molar-refractivity contribution in [3.63, 3.8) is 0 Å². The molecule has 0 unspecified atom stereocenters. The van der Waals surface area contributed by atoms with Crippen LogP contribution in [0.5, 0.6) is 23.0 Å². The van der Waals surface area contributed by atoms with Gasteiger partial charge in [0.05, 0.1) is 23.6 Å². The molecule has 0 saturated heterocycles. The molecule has 2 aliphatic rings. The molecule has 0 amide bonds. The van der Waals surface area contributed by atoms with Crippen LogP contribution in [-0.4, -0.2) is 19.9 Å². The highest BCUT2D eigenvalue weighted by Gasteiger charge is 2.30. The molecule has 2 aliphatic heterocycles.